The monoisotopic (exact) mass is 710 g/mol. The van der Waals surface area contributed by atoms with Gasteiger partial charge in [-0.05, 0) is 106 Å². The zero-order valence-electron chi connectivity index (χ0n) is 30.3. The largest absolute Gasteiger partial charge is 0.310 e. The zero-order valence-corrected chi connectivity index (χ0v) is 31.1. The molecule has 0 aliphatic carbocycles. The van der Waals surface area contributed by atoms with E-state index in [1.54, 1.807) is 0 Å². The average molecular weight is 711 g/mol. The van der Waals surface area contributed by atoms with E-state index >= 15 is 0 Å². The summed E-state index contributed by atoms with van der Waals surface area (Å²) in [5, 5.41) is 2.52. The summed E-state index contributed by atoms with van der Waals surface area (Å²) in [6.07, 6.45) is 0. The van der Waals surface area contributed by atoms with Crippen LogP contribution in [-0.2, 0) is 5.41 Å². The molecule has 0 bridgehead atoms. The number of aromatic nitrogens is 1. The molecule has 10 rings (SSSR count). The highest BCUT2D eigenvalue weighted by molar-refractivity contribution is 7.99. The molecular formula is C51H38N2S. The summed E-state index contributed by atoms with van der Waals surface area (Å²) in [6, 6.07) is 70.8. The molecule has 0 saturated carbocycles. The summed E-state index contributed by atoms with van der Waals surface area (Å²) in [7, 11) is 0. The van der Waals surface area contributed by atoms with Crippen molar-refractivity contribution in [3.05, 3.63) is 205 Å². The Bertz CT molecular complexity index is 2800. The topological polar surface area (TPSA) is 8.17 Å². The third kappa shape index (κ3) is 5.43. The number of fused-ring (bicyclic) bond motifs is 5. The van der Waals surface area contributed by atoms with Gasteiger partial charge in [-0.2, -0.15) is 0 Å². The van der Waals surface area contributed by atoms with Gasteiger partial charge in [-0.3, -0.25) is 0 Å². The first kappa shape index (κ1) is 32.4. The van der Waals surface area contributed by atoms with Crippen LogP contribution >= 0.6 is 11.8 Å². The molecule has 1 aliphatic heterocycles. The van der Waals surface area contributed by atoms with Gasteiger partial charge in [0.1, 0.15) is 0 Å². The lowest BCUT2D eigenvalue weighted by Gasteiger charge is -2.35. The molecule has 54 heavy (non-hydrogen) atoms. The Balaban J connectivity index is 1.06. The van der Waals surface area contributed by atoms with Gasteiger partial charge in [-0.25, -0.2) is 0 Å². The van der Waals surface area contributed by atoms with Crippen LogP contribution in [0.1, 0.15) is 25.0 Å². The Morgan fingerprint density at radius 3 is 1.69 bits per heavy atom. The van der Waals surface area contributed by atoms with E-state index in [0.717, 1.165) is 17.1 Å². The Labute approximate surface area is 321 Å². The fourth-order valence-corrected chi connectivity index (χ4v) is 9.71. The Kier molecular flexibility index (Phi) is 7.78. The molecule has 0 amide bonds. The van der Waals surface area contributed by atoms with Crippen molar-refractivity contribution in [2.75, 3.05) is 4.90 Å². The first-order valence-corrected chi connectivity index (χ1v) is 19.4. The van der Waals surface area contributed by atoms with Crippen LogP contribution in [0.15, 0.2) is 204 Å². The molecule has 0 N–H and O–H groups in total. The molecule has 0 radical (unpaired) electrons. The Morgan fingerprint density at radius 2 is 0.944 bits per heavy atom. The van der Waals surface area contributed by atoms with Crippen molar-refractivity contribution < 1.29 is 0 Å². The minimum Gasteiger partial charge on any atom is -0.310 e. The van der Waals surface area contributed by atoms with Gasteiger partial charge in [-0.1, -0.05) is 147 Å². The van der Waals surface area contributed by atoms with Crippen LogP contribution in [0.2, 0.25) is 0 Å². The van der Waals surface area contributed by atoms with Gasteiger partial charge in [-0.15, -0.1) is 0 Å². The van der Waals surface area contributed by atoms with Crippen LogP contribution < -0.4 is 4.90 Å². The van der Waals surface area contributed by atoms with Crippen molar-refractivity contribution in [1.29, 1.82) is 0 Å². The third-order valence-corrected chi connectivity index (χ3v) is 12.2. The Hall–Kier alpha value is -6.29. The lowest BCUT2D eigenvalue weighted by atomic mass is 9.77. The normalized spacial score (nSPS) is 13.1. The van der Waals surface area contributed by atoms with Gasteiger partial charge < -0.3 is 9.47 Å². The standard InChI is InChI=1S/C51H38N2S/c1-51(2)45-18-10-12-20-49(45)54-50-34-42(30-31-46(50)51)52(40-26-21-36(22-27-40)35-13-5-3-6-14-35)41-28-23-37(24-29-41)38-25-32-48-44(33-38)43-17-9-11-19-47(43)53(48)39-15-7-4-8-16-39/h3-34H,1-2H3. The van der Waals surface area contributed by atoms with Crippen molar-refractivity contribution in [3.8, 4) is 27.9 Å². The average Bonchev–Trinajstić information content (AvgIpc) is 3.56. The summed E-state index contributed by atoms with van der Waals surface area (Å²) in [5.41, 5.74) is 14.5. The highest BCUT2D eigenvalue weighted by Gasteiger charge is 2.33. The van der Waals surface area contributed by atoms with Crippen molar-refractivity contribution in [3.63, 3.8) is 0 Å². The molecule has 0 spiro atoms. The van der Waals surface area contributed by atoms with Gasteiger partial charge in [0.25, 0.3) is 0 Å². The molecule has 258 valence electrons. The fraction of sp³-hybridized carbons (Fsp3) is 0.0588. The SMILES string of the molecule is CC1(C)c2ccccc2Sc2cc(N(c3ccc(-c4ccccc4)cc3)c3ccc(-c4ccc5c(c4)c4ccccc4n5-c4ccccc4)cc3)ccc21. The molecule has 2 heterocycles. The second-order valence-corrected chi connectivity index (χ2v) is 15.7. The van der Waals surface area contributed by atoms with Gasteiger partial charge in [0.2, 0.25) is 0 Å². The summed E-state index contributed by atoms with van der Waals surface area (Å²) in [6.45, 7) is 4.69. The van der Waals surface area contributed by atoms with E-state index in [9.17, 15) is 0 Å². The van der Waals surface area contributed by atoms with Crippen molar-refractivity contribution in [1.82, 2.24) is 4.57 Å². The van der Waals surface area contributed by atoms with Crippen LogP contribution in [0.4, 0.5) is 17.1 Å². The first-order chi connectivity index (χ1) is 26.5. The molecular weight excluding hydrogens is 673 g/mol. The van der Waals surface area contributed by atoms with Gasteiger partial charge in [0.05, 0.1) is 11.0 Å². The minimum atomic E-state index is -0.0754. The highest BCUT2D eigenvalue weighted by Crippen LogP contribution is 2.51. The third-order valence-electron chi connectivity index (χ3n) is 11.1. The second-order valence-electron chi connectivity index (χ2n) is 14.6. The summed E-state index contributed by atoms with van der Waals surface area (Å²) in [5.74, 6) is 0. The number of benzene rings is 8. The minimum absolute atomic E-state index is 0.0754. The lowest BCUT2D eigenvalue weighted by Crippen LogP contribution is -2.24. The number of hydrogen-bond acceptors (Lipinski definition) is 2. The summed E-state index contributed by atoms with van der Waals surface area (Å²) < 4.78 is 2.37. The van der Waals surface area contributed by atoms with Crippen molar-refractivity contribution in [2.24, 2.45) is 0 Å². The predicted molar refractivity (Wildman–Crippen MR) is 229 cm³/mol. The maximum Gasteiger partial charge on any atom is 0.0541 e. The summed E-state index contributed by atoms with van der Waals surface area (Å²) >= 11 is 1.88. The molecule has 8 aromatic carbocycles. The van der Waals surface area contributed by atoms with Crippen LogP contribution in [0.5, 0.6) is 0 Å². The van der Waals surface area contributed by atoms with E-state index in [1.165, 1.54) is 70.7 Å². The molecule has 0 unspecified atom stereocenters. The number of rotatable bonds is 6. The molecule has 0 fully saturated rings. The molecule has 2 nitrogen and oxygen atoms in total. The number of nitrogens with zero attached hydrogens (tertiary/aromatic N) is 2. The molecule has 1 aromatic heterocycles. The van der Waals surface area contributed by atoms with E-state index in [-0.39, 0.29) is 5.41 Å². The number of anilines is 3. The predicted octanol–water partition coefficient (Wildman–Crippen LogP) is 14.4. The molecule has 0 atom stereocenters. The van der Waals surface area contributed by atoms with E-state index < -0.39 is 0 Å². The van der Waals surface area contributed by atoms with Crippen LogP contribution in [0.25, 0.3) is 49.7 Å². The molecule has 3 heteroatoms. The van der Waals surface area contributed by atoms with E-state index in [1.807, 2.05) is 11.8 Å². The number of para-hydroxylation sites is 2. The first-order valence-electron chi connectivity index (χ1n) is 18.6. The van der Waals surface area contributed by atoms with Crippen LogP contribution in [-0.4, -0.2) is 4.57 Å². The maximum atomic E-state index is 2.39. The maximum absolute atomic E-state index is 2.39. The van der Waals surface area contributed by atoms with E-state index in [4.69, 9.17) is 0 Å². The second kappa shape index (κ2) is 13.0. The van der Waals surface area contributed by atoms with E-state index in [0.29, 0.717) is 0 Å². The molecule has 0 saturated heterocycles. The summed E-state index contributed by atoms with van der Waals surface area (Å²) in [4.78, 5) is 5.03. The van der Waals surface area contributed by atoms with Gasteiger partial charge in [0, 0.05) is 48.7 Å². The fourth-order valence-electron chi connectivity index (χ4n) is 8.28. The van der Waals surface area contributed by atoms with Crippen LogP contribution in [0, 0.1) is 0 Å². The van der Waals surface area contributed by atoms with Crippen LogP contribution in [0.3, 0.4) is 0 Å². The van der Waals surface area contributed by atoms with Gasteiger partial charge >= 0.3 is 0 Å². The van der Waals surface area contributed by atoms with Crippen molar-refractivity contribution in [2.45, 2.75) is 29.1 Å². The molecule has 9 aromatic rings. The van der Waals surface area contributed by atoms with Gasteiger partial charge in [0.15, 0.2) is 0 Å². The lowest BCUT2D eigenvalue weighted by molar-refractivity contribution is 0.607. The smallest absolute Gasteiger partial charge is 0.0541 e. The molecule has 1 aliphatic rings. The highest BCUT2D eigenvalue weighted by atomic mass is 32.2. The number of hydrogen-bond donors (Lipinski definition) is 0. The quantitative estimate of drug-likeness (QED) is 0.170. The van der Waals surface area contributed by atoms with Crippen molar-refractivity contribution >= 4 is 50.6 Å². The Morgan fingerprint density at radius 1 is 0.407 bits per heavy atom. The van der Waals surface area contributed by atoms with E-state index in [2.05, 4.69) is 217 Å². The zero-order chi connectivity index (χ0) is 36.2.